The molecule has 1 fully saturated rings. The second kappa shape index (κ2) is 5.52. The molecule has 1 atom stereocenters. The van der Waals surface area contributed by atoms with Gasteiger partial charge in [-0.1, -0.05) is 0 Å². The van der Waals surface area contributed by atoms with E-state index < -0.39 is 62.0 Å². The Morgan fingerprint density at radius 3 is 2.28 bits per heavy atom. The van der Waals surface area contributed by atoms with Crippen LogP contribution in [0.1, 0.15) is 30.1 Å². The van der Waals surface area contributed by atoms with E-state index in [0.29, 0.717) is 6.07 Å². The number of rotatable bonds is 3. The third-order valence-corrected chi connectivity index (χ3v) is 5.86. The van der Waals surface area contributed by atoms with Crippen LogP contribution in [0.3, 0.4) is 0 Å². The number of fused-ring (bicyclic) bond motifs is 1. The number of alkyl halides is 5. The Kier molecular flexibility index (Phi) is 4.05. The van der Waals surface area contributed by atoms with Crippen LogP contribution in [-0.4, -0.2) is 42.3 Å². The van der Waals surface area contributed by atoms with E-state index in [4.69, 9.17) is 4.74 Å². The van der Waals surface area contributed by atoms with E-state index in [1.165, 1.54) is 0 Å². The predicted molar refractivity (Wildman–Crippen MR) is 73.0 cm³/mol. The van der Waals surface area contributed by atoms with Crippen molar-refractivity contribution in [2.24, 2.45) is 0 Å². The van der Waals surface area contributed by atoms with Gasteiger partial charge in [0, 0.05) is 30.4 Å². The monoisotopic (exact) mass is 388 g/mol. The molecule has 11 heteroatoms. The predicted octanol–water partition coefficient (Wildman–Crippen LogP) is 2.11. The average Bonchev–Trinajstić information content (AvgIpc) is 2.67. The van der Waals surface area contributed by atoms with Crippen LogP contribution in [0.25, 0.3) is 0 Å². The smallest absolute Gasteiger partial charge is 0.490 e. The molecule has 140 valence electrons. The molecule has 0 spiro atoms. The van der Waals surface area contributed by atoms with Crippen molar-refractivity contribution in [3.8, 4) is 5.75 Å². The fourth-order valence-electron chi connectivity index (χ4n) is 2.93. The number of hydrogen-bond acceptors (Lipinski definition) is 5. The lowest BCUT2D eigenvalue weighted by molar-refractivity contribution is -0.0979. The summed E-state index contributed by atoms with van der Waals surface area (Å²) in [4.78, 5) is -1.40. The van der Waals surface area contributed by atoms with Crippen LogP contribution in [0.15, 0.2) is 17.0 Å². The van der Waals surface area contributed by atoms with Gasteiger partial charge in [0.25, 0.3) is 15.8 Å². The van der Waals surface area contributed by atoms with Gasteiger partial charge in [-0.05, 0) is 12.1 Å². The zero-order valence-electron chi connectivity index (χ0n) is 12.4. The van der Waals surface area contributed by atoms with Gasteiger partial charge in [-0.15, -0.1) is 0 Å². The minimum atomic E-state index is -5.92. The van der Waals surface area contributed by atoms with Gasteiger partial charge < -0.3 is 14.9 Å². The van der Waals surface area contributed by atoms with Crippen molar-refractivity contribution in [3.05, 3.63) is 23.3 Å². The van der Waals surface area contributed by atoms with Crippen molar-refractivity contribution >= 4 is 9.84 Å². The minimum Gasteiger partial charge on any atom is -0.490 e. The third-order valence-electron chi connectivity index (χ3n) is 4.32. The van der Waals surface area contributed by atoms with Gasteiger partial charge in [0.15, 0.2) is 0 Å². The summed E-state index contributed by atoms with van der Waals surface area (Å²) in [5.41, 5.74) is -7.15. The number of aliphatic hydroxyl groups excluding tert-OH is 2. The summed E-state index contributed by atoms with van der Waals surface area (Å²) in [7, 11) is -5.92. The maximum atomic E-state index is 13.8. The molecule has 0 heterocycles. The Balaban J connectivity index is 2.11. The quantitative estimate of drug-likeness (QED) is 0.775. The lowest BCUT2D eigenvalue weighted by atomic mass is 9.92. The third kappa shape index (κ3) is 2.87. The van der Waals surface area contributed by atoms with E-state index in [9.17, 15) is 40.6 Å². The van der Waals surface area contributed by atoms with Crippen LogP contribution in [-0.2, 0) is 16.3 Å². The Labute approximate surface area is 138 Å². The molecule has 2 aliphatic rings. The number of hydrogen-bond donors (Lipinski definition) is 2. The Morgan fingerprint density at radius 1 is 1.16 bits per heavy atom. The molecule has 2 aliphatic carbocycles. The summed E-state index contributed by atoms with van der Waals surface area (Å²) >= 11 is 0. The van der Waals surface area contributed by atoms with Crippen molar-refractivity contribution in [3.63, 3.8) is 0 Å². The Hall–Kier alpha value is -1.46. The summed E-state index contributed by atoms with van der Waals surface area (Å²) < 4.78 is 94.8. The highest BCUT2D eigenvalue weighted by Crippen LogP contribution is 2.50. The lowest BCUT2D eigenvalue weighted by Gasteiger charge is -2.32. The van der Waals surface area contributed by atoms with Crippen molar-refractivity contribution in [2.75, 3.05) is 0 Å². The first-order chi connectivity index (χ1) is 11.3. The van der Waals surface area contributed by atoms with Crippen molar-refractivity contribution < 1.29 is 45.3 Å². The zero-order valence-corrected chi connectivity index (χ0v) is 13.2. The van der Waals surface area contributed by atoms with E-state index in [1.54, 1.807) is 0 Å². The molecular formula is C14H13F5O5S. The first kappa shape index (κ1) is 18.3. The first-order valence-corrected chi connectivity index (χ1v) is 8.70. The normalized spacial score (nSPS) is 28.4. The molecule has 0 saturated heterocycles. The molecular weight excluding hydrogens is 375 g/mol. The molecule has 2 N–H and O–H groups in total. The molecule has 0 amide bonds. The van der Waals surface area contributed by atoms with E-state index in [2.05, 4.69) is 0 Å². The highest BCUT2D eigenvalue weighted by molar-refractivity contribution is 7.92. The van der Waals surface area contributed by atoms with Crippen molar-refractivity contribution in [1.82, 2.24) is 0 Å². The van der Waals surface area contributed by atoms with Crippen LogP contribution in [0.2, 0.25) is 0 Å². The summed E-state index contributed by atoms with van der Waals surface area (Å²) in [6, 6.07) is 1.38. The van der Waals surface area contributed by atoms with E-state index >= 15 is 0 Å². The summed E-state index contributed by atoms with van der Waals surface area (Å²) in [5.74, 6) is -4.04. The Bertz CT molecular complexity index is 799. The topological polar surface area (TPSA) is 83.8 Å². The fraction of sp³-hybridized carbons (Fsp3) is 0.571. The van der Waals surface area contributed by atoms with Gasteiger partial charge >= 0.3 is 5.51 Å². The molecule has 0 bridgehead atoms. The molecule has 1 aromatic carbocycles. The maximum Gasteiger partial charge on any atom is 0.501 e. The molecule has 1 aromatic rings. The summed E-state index contributed by atoms with van der Waals surface area (Å²) in [6.45, 7) is 0. The molecule has 0 aliphatic heterocycles. The molecule has 3 rings (SSSR count). The van der Waals surface area contributed by atoms with Gasteiger partial charge in [0.05, 0.1) is 11.0 Å². The summed E-state index contributed by atoms with van der Waals surface area (Å²) in [5, 5.41) is 18.9. The van der Waals surface area contributed by atoms with Gasteiger partial charge in [-0.2, -0.15) is 13.2 Å². The van der Waals surface area contributed by atoms with Crippen LogP contribution in [0.4, 0.5) is 22.0 Å². The highest BCUT2D eigenvalue weighted by Gasteiger charge is 2.55. The second-order valence-corrected chi connectivity index (χ2v) is 8.02. The van der Waals surface area contributed by atoms with Crippen LogP contribution in [0, 0.1) is 0 Å². The molecule has 5 nitrogen and oxygen atoms in total. The standard InChI is InChI=1S/C14H13F5O5S/c15-13(16)5-8-9(24-7-3-6(20)4-7)1-2-10(11(8)12(13)21)25(22,23)14(17,18)19/h1-2,6-7,12,20-21H,3-5H2/t6-,7-,12-/m0/s1. The number of sulfone groups is 1. The number of ether oxygens (including phenoxy) is 1. The number of aliphatic hydroxyl groups is 2. The van der Waals surface area contributed by atoms with Crippen molar-refractivity contribution in [1.29, 1.82) is 0 Å². The number of benzene rings is 1. The lowest BCUT2D eigenvalue weighted by Crippen LogP contribution is -2.37. The van der Waals surface area contributed by atoms with Gasteiger partial charge in [-0.3, -0.25) is 0 Å². The van der Waals surface area contributed by atoms with E-state index in [0.717, 1.165) is 6.07 Å². The maximum absolute atomic E-state index is 13.8. The molecule has 0 aromatic heterocycles. The second-order valence-electron chi connectivity index (χ2n) is 6.11. The van der Waals surface area contributed by atoms with Gasteiger partial charge in [0.2, 0.25) is 0 Å². The summed E-state index contributed by atoms with van der Waals surface area (Å²) in [6.07, 6.45) is -4.53. The van der Waals surface area contributed by atoms with Crippen LogP contribution >= 0.6 is 0 Å². The molecule has 25 heavy (non-hydrogen) atoms. The number of halogens is 5. The SMILES string of the molecule is O=S(=O)(c1ccc(O[C@H]2C[C@H](O)C2)c2c1[C@H](O)C(F)(F)C2)C(F)(F)F. The Morgan fingerprint density at radius 2 is 1.76 bits per heavy atom. The van der Waals surface area contributed by atoms with Gasteiger partial charge in [0.1, 0.15) is 18.0 Å². The van der Waals surface area contributed by atoms with Gasteiger partial charge in [-0.25, -0.2) is 17.2 Å². The largest absolute Gasteiger partial charge is 0.501 e. The highest BCUT2D eigenvalue weighted by atomic mass is 32.2. The first-order valence-electron chi connectivity index (χ1n) is 7.22. The molecule has 1 saturated carbocycles. The van der Waals surface area contributed by atoms with Crippen molar-refractivity contribution in [2.45, 2.75) is 53.9 Å². The van der Waals surface area contributed by atoms with E-state index in [-0.39, 0.29) is 18.6 Å². The average molecular weight is 388 g/mol. The minimum absolute atomic E-state index is 0.218. The van der Waals surface area contributed by atoms with E-state index in [1.807, 2.05) is 0 Å². The van der Waals surface area contributed by atoms with Crippen LogP contribution < -0.4 is 4.74 Å². The fourth-order valence-corrected chi connectivity index (χ4v) is 3.95. The molecule has 0 unspecified atom stereocenters. The zero-order chi connectivity index (χ0) is 18.8. The van der Waals surface area contributed by atoms with Crippen LogP contribution in [0.5, 0.6) is 5.75 Å². The molecule has 0 radical (unpaired) electrons.